The van der Waals surface area contributed by atoms with Crippen LogP contribution in [0.25, 0.3) is 10.9 Å². The van der Waals surface area contributed by atoms with Gasteiger partial charge in [0.2, 0.25) is 0 Å². The molecule has 1 unspecified atom stereocenters. The molecule has 0 saturated heterocycles. The van der Waals surface area contributed by atoms with Gasteiger partial charge in [-0.1, -0.05) is 23.6 Å². The predicted octanol–water partition coefficient (Wildman–Crippen LogP) is 2.24. The van der Waals surface area contributed by atoms with Crippen LogP contribution >= 0.6 is 11.6 Å². The Morgan fingerprint density at radius 1 is 1.53 bits per heavy atom. The van der Waals surface area contributed by atoms with E-state index in [4.69, 9.17) is 18.0 Å². The van der Waals surface area contributed by atoms with E-state index in [0.717, 1.165) is 5.39 Å². The predicted molar refractivity (Wildman–Crippen MR) is 74.0 cm³/mol. The van der Waals surface area contributed by atoms with Crippen molar-refractivity contribution in [3.8, 4) is 12.3 Å². The molecule has 5 heteroatoms. The number of aromatic nitrogens is 1. The van der Waals surface area contributed by atoms with Gasteiger partial charge in [0.1, 0.15) is 6.04 Å². The van der Waals surface area contributed by atoms with Crippen molar-refractivity contribution in [3.05, 3.63) is 41.0 Å². The van der Waals surface area contributed by atoms with Crippen LogP contribution in [0.3, 0.4) is 0 Å². The lowest BCUT2D eigenvalue weighted by Crippen LogP contribution is -2.29. The van der Waals surface area contributed by atoms with Crippen LogP contribution in [0, 0.1) is 12.3 Å². The summed E-state index contributed by atoms with van der Waals surface area (Å²) in [4.78, 5) is 15.6. The van der Waals surface area contributed by atoms with Gasteiger partial charge in [0.15, 0.2) is 0 Å². The molecule has 0 saturated carbocycles. The van der Waals surface area contributed by atoms with Crippen molar-refractivity contribution in [1.82, 2.24) is 10.3 Å². The number of rotatable bonds is 4. The fourth-order valence-corrected chi connectivity index (χ4v) is 2.10. The number of hydrogen-bond donors (Lipinski definition) is 2. The Morgan fingerprint density at radius 3 is 3.00 bits per heavy atom. The number of carbonyl (C=O) groups is 1. The summed E-state index contributed by atoms with van der Waals surface area (Å²) in [6.07, 6.45) is 6.75. The van der Waals surface area contributed by atoms with Gasteiger partial charge in [-0.05, 0) is 18.2 Å². The lowest BCUT2D eigenvalue weighted by molar-refractivity contribution is -0.139. The molecule has 19 heavy (non-hydrogen) atoms. The van der Waals surface area contributed by atoms with Crippen molar-refractivity contribution in [2.75, 3.05) is 6.54 Å². The van der Waals surface area contributed by atoms with Crippen molar-refractivity contribution in [2.24, 2.45) is 0 Å². The summed E-state index contributed by atoms with van der Waals surface area (Å²) in [5, 5.41) is 13.3. The molecule has 0 fully saturated rings. The Bertz CT molecular complexity index is 664. The van der Waals surface area contributed by atoms with Gasteiger partial charge in [0, 0.05) is 22.2 Å². The van der Waals surface area contributed by atoms with Crippen LogP contribution in [0.5, 0.6) is 0 Å². The maximum Gasteiger partial charge on any atom is 0.325 e. The number of pyridine rings is 1. The van der Waals surface area contributed by atoms with Crippen molar-refractivity contribution in [1.29, 1.82) is 0 Å². The zero-order valence-corrected chi connectivity index (χ0v) is 10.7. The Morgan fingerprint density at radius 2 is 2.32 bits per heavy atom. The summed E-state index contributed by atoms with van der Waals surface area (Å²) >= 11 is 6.08. The Hall–Kier alpha value is -2.09. The van der Waals surface area contributed by atoms with Crippen LogP contribution in [0.15, 0.2) is 30.5 Å². The molecule has 0 radical (unpaired) electrons. The van der Waals surface area contributed by atoms with Crippen molar-refractivity contribution in [2.45, 2.75) is 6.04 Å². The first-order valence-corrected chi connectivity index (χ1v) is 5.95. The van der Waals surface area contributed by atoms with E-state index in [1.54, 1.807) is 30.5 Å². The number of aliphatic carboxylic acids is 1. The van der Waals surface area contributed by atoms with Gasteiger partial charge < -0.3 is 5.11 Å². The molecule has 0 aliphatic carbocycles. The van der Waals surface area contributed by atoms with E-state index in [2.05, 4.69) is 16.2 Å². The van der Waals surface area contributed by atoms with E-state index >= 15 is 0 Å². The summed E-state index contributed by atoms with van der Waals surface area (Å²) in [7, 11) is 0. The quantitative estimate of drug-likeness (QED) is 0.840. The maximum atomic E-state index is 11.3. The van der Waals surface area contributed by atoms with E-state index < -0.39 is 12.0 Å². The van der Waals surface area contributed by atoms with Crippen LogP contribution in [0.2, 0.25) is 5.02 Å². The lowest BCUT2D eigenvalue weighted by atomic mass is 10.0. The minimum atomic E-state index is -1.01. The number of benzene rings is 1. The fraction of sp³-hybridized carbons (Fsp3) is 0.143. The number of carboxylic acid groups (broad SMARTS) is 1. The van der Waals surface area contributed by atoms with Gasteiger partial charge in [0.25, 0.3) is 0 Å². The van der Waals surface area contributed by atoms with Gasteiger partial charge in [-0.3, -0.25) is 15.1 Å². The van der Waals surface area contributed by atoms with E-state index in [1.165, 1.54) is 0 Å². The third kappa shape index (κ3) is 2.68. The third-order valence-electron chi connectivity index (χ3n) is 2.71. The second-order valence-corrected chi connectivity index (χ2v) is 4.30. The molecule has 0 bridgehead atoms. The summed E-state index contributed by atoms with van der Waals surface area (Å²) in [6, 6.07) is 5.95. The van der Waals surface area contributed by atoms with Crippen LogP contribution in [-0.4, -0.2) is 22.6 Å². The van der Waals surface area contributed by atoms with Crippen LogP contribution < -0.4 is 5.32 Å². The van der Waals surface area contributed by atoms with E-state index in [0.29, 0.717) is 16.1 Å². The highest BCUT2D eigenvalue weighted by Crippen LogP contribution is 2.28. The van der Waals surface area contributed by atoms with Crippen molar-refractivity contribution >= 4 is 28.5 Å². The highest BCUT2D eigenvalue weighted by molar-refractivity contribution is 6.35. The zero-order valence-electron chi connectivity index (χ0n) is 9.93. The first-order valence-electron chi connectivity index (χ1n) is 5.58. The molecular weight excluding hydrogens is 264 g/mol. The summed E-state index contributed by atoms with van der Waals surface area (Å²) in [5.74, 6) is 1.35. The van der Waals surface area contributed by atoms with Gasteiger partial charge in [-0.2, -0.15) is 0 Å². The monoisotopic (exact) mass is 274 g/mol. The smallest absolute Gasteiger partial charge is 0.325 e. The molecule has 4 nitrogen and oxygen atoms in total. The molecule has 2 N–H and O–H groups in total. The zero-order chi connectivity index (χ0) is 13.8. The van der Waals surface area contributed by atoms with Crippen LogP contribution in [-0.2, 0) is 4.79 Å². The Balaban J connectivity index is 2.57. The first kappa shape index (κ1) is 13.3. The number of fused-ring (bicyclic) bond motifs is 1. The molecule has 0 aliphatic rings. The standard InChI is InChI=1S/C14H11ClN2O2/c1-2-7-16-13(14(18)19)10-5-6-11(15)9-4-3-8-17-12(9)10/h1,3-6,8,13,16H,7H2,(H,18,19). The normalized spacial score (nSPS) is 12.0. The molecule has 1 atom stereocenters. The molecular formula is C14H11ClN2O2. The average Bonchev–Trinajstić information content (AvgIpc) is 2.41. The molecule has 0 spiro atoms. The van der Waals surface area contributed by atoms with Crippen molar-refractivity contribution < 1.29 is 9.90 Å². The molecule has 2 aromatic rings. The third-order valence-corrected chi connectivity index (χ3v) is 3.04. The summed E-state index contributed by atoms with van der Waals surface area (Å²) in [5.41, 5.74) is 1.11. The second-order valence-electron chi connectivity index (χ2n) is 3.89. The van der Waals surface area contributed by atoms with Gasteiger partial charge in [-0.15, -0.1) is 6.42 Å². The topological polar surface area (TPSA) is 62.2 Å². The first-order chi connectivity index (χ1) is 9.15. The van der Waals surface area contributed by atoms with Gasteiger partial charge in [-0.25, -0.2) is 0 Å². The SMILES string of the molecule is C#CCNC(C(=O)O)c1ccc(Cl)c2cccnc12. The van der Waals surface area contributed by atoms with Crippen molar-refractivity contribution in [3.63, 3.8) is 0 Å². The van der Waals surface area contributed by atoms with Crippen LogP contribution in [0.1, 0.15) is 11.6 Å². The number of halogens is 1. The van der Waals surface area contributed by atoms with E-state index in [-0.39, 0.29) is 6.54 Å². The molecule has 1 heterocycles. The summed E-state index contributed by atoms with van der Waals surface area (Å²) < 4.78 is 0. The number of hydrogen-bond acceptors (Lipinski definition) is 3. The number of nitrogens with one attached hydrogen (secondary N) is 1. The molecule has 1 aromatic heterocycles. The number of terminal acetylenes is 1. The van der Waals surface area contributed by atoms with Crippen LogP contribution in [0.4, 0.5) is 0 Å². The Labute approximate surface area is 115 Å². The average molecular weight is 275 g/mol. The highest BCUT2D eigenvalue weighted by atomic mass is 35.5. The number of nitrogens with zero attached hydrogens (tertiary/aromatic N) is 1. The highest BCUT2D eigenvalue weighted by Gasteiger charge is 2.22. The second kappa shape index (κ2) is 5.70. The summed E-state index contributed by atoms with van der Waals surface area (Å²) in [6.45, 7) is 0.161. The van der Waals surface area contributed by atoms with E-state index in [9.17, 15) is 9.90 Å². The minimum Gasteiger partial charge on any atom is -0.480 e. The van der Waals surface area contributed by atoms with Gasteiger partial charge >= 0.3 is 5.97 Å². The molecule has 0 amide bonds. The fourth-order valence-electron chi connectivity index (χ4n) is 1.88. The minimum absolute atomic E-state index is 0.161. The van der Waals surface area contributed by atoms with E-state index in [1.807, 2.05) is 0 Å². The maximum absolute atomic E-state index is 11.3. The Kier molecular flexibility index (Phi) is 4.00. The molecule has 0 aliphatic heterocycles. The molecule has 96 valence electrons. The largest absolute Gasteiger partial charge is 0.480 e. The molecule has 1 aromatic carbocycles. The lowest BCUT2D eigenvalue weighted by Gasteiger charge is -2.15. The number of carboxylic acids is 1. The molecule has 2 rings (SSSR count). The van der Waals surface area contributed by atoms with Gasteiger partial charge in [0.05, 0.1) is 12.1 Å².